The van der Waals surface area contributed by atoms with Crippen molar-refractivity contribution in [3.05, 3.63) is 23.8 Å². The van der Waals surface area contributed by atoms with Crippen molar-refractivity contribution < 1.29 is 18.3 Å². The normalized spacial score (nSPS) is 12.7. The fourth-order valence-corrected chi connectivity index (χ4v) is 3.04. The van der Waals surface area contributed by atoms with Crippen LogP contribution in [0, 0.1) is 11.3 Å². The molecule has 0 aliphatic carbocycles. The Hall–Kier alpha value is -1.54. The Morgan fingerprint density at radius 3 is 2.45 bits per heavy atom. The Labute approximate surface area is 119 Å². The molecule has 0 radical (unpaired) electrons. The molecule has 0 saturated carbocycles. The van der Waals surface area contributed by atoms with Crippen LogP contribution in [-0.2, 0) is 13.6 Å². The Bertz CT molecular complexity index is 532. The van der Waals surface area contributed by atoms with Crippen molar-refractivity contribution in [1.29, 1.82) is 5.26 Å². The van der Waals surface area contributed by atoms with Gasteiger partial charge < -0.3 is 19.5 Å². The topological polar surface area (TPSA) is 94.6 Å². The molecule has 1 aromatic rings. The molecule has 0 aliphatic heterocycles. The Morgan fingerprint density at radius 2 is 1.95 bits per heavy atom. The summed E-state index contributed by atoms with van der Waals surface area (Å²) in [5.41, 5.74) is 6.43. The summed E-state index contributed by atoms with van der Waals surface area (Å²) in [5, 5.41) is 9.03. The number of nitrogens with two attached hydrogens (primary N) is 1. The van der Waals surface area contributed by atoms with E-state index in [1.165, 1.54) is 6.07 Å². The molecular weight excluding hydrogens is 279 g/mol. The molecule has 7 heteroatoms. The summed E-state index contributed by atoms with van der Waals surface area (Å²) in [6.07, 6.45) is 0. The van der Waals surface area contributed by atoms with Crippen LogP contribution in [0.2, 0.25) is 0 Å². The zero-order valence-electron chi connectivity index (χ0n) is 11.8. The van der Waals surface area contributed by atoms with Gasteiger partial charge in [-0.15, -0.1) is 0 Å². The van der Waals surface area contributed by atoms with Crippen LogP contribution in [0.3, 0.4) is 0 Å². The van der Waals surface area contributed by atoms with Crippen LogP contribution in [0.5, 0.6) is 5.75 Å². The van der Waals surface area contributed by atoms with Gasteiger partial charge in [0.25, 0.3) is 0 Å². The average molecular weight is 298 g/mol. The van der Waals surface area contributed by atoms with Crippen molar-refractivity contribution >= 4 is 13.3 Å². The number of hydrogen-bond donors (Lipinski definition) is 1. The van der Waals surface area contributed by atoms with E-state index in [9.17, 15) is 4.57 Å². The summed E-state index contributed by atoms with van der Waals surface area (Å²) in [4.78, 5) is 0. The van der Waals surface area contributed by atoms with Gasteiger partial charge in [-0.3, -0.25) is 4.57 Å². The molecule has 20 heavy (non-hydrogen) atoms. The third-order valence-corrected chi connectivity index (χ3v) is 4.72. The lowest BCUT2D eigenvalue weighted by Gasteiger charge is -2.24. The SMILES string of the molecule is CCOP(=O)(OCC)C(C)Oc1cc(N)ccc1C#N. The highest BCUT2D eigenvalue weighted by atomic mass is 31.2. The van der Waals surface area contributed by atoms with Crippen LogP contribution in [0.15, 0.2) is 18.2 Å². The maximum absolute atomic E-state index is 12.5. The Morgan fingerprint density at radius 1 is 1.35 bits per heavy atom. The van der Waals surface area contributed by atoms with Crippen LogP contribution >= 0.6 is 7.60 Å². The van der Waals surface area contributed by atoms with Crippen molar-refractivity contribution in [1.82, 2.24) is 0 Å². The smallest absolute Gasteiger partial charge is 0.370 e. The minimum atomic E-state index is -3.39. The number of anilines is 1. The highest BCUT2D eigenvalue weighted by Crippen LogP contribution is 2.53. The van der Waals surface area contributed by atoms with Crippen LogP contribution in [0.1, 0.15) is 26.3 Å². The molecule has 1 unspecified atom stereocenters. The second-order valence-corrected chi connectivity index (χ2v) is 6.28. The van der Waals surface area contributed by atoms with E-state index < -0.39 is 13.4 Å². The molecule has 0 bridgehead atoms. The molecule has 0 amide bonds. The lowest BCUT2D eigenvalue weighted by Crippen LogP contribution is -2.17. The predicted octanol–water partition coefficient (Wildman–Crippen LogP) is 3.13. The molecule has 0 aromatic heterocycles. The Balaban J connectivity index is 2.99. The molecule has 1 aromatic carbocycles. The zero-order chi connectivity index (χ0) is 15.2. The van der Waals surface area contributed by atoms with Crippen LogP contribution in [0.25, 0.3) is 0 Å². The predicted molar refractivity (Wildman–Crippen MR) is 76.5 cm³/mol. The fraction of sp³-hybridized carbons (Fsp3) is 0.462. The molecule has 1 atom stereocenters. The van der Waals surface area contributed by atoms with Crippen molar-refractivity contribution in [2.45, 2.75) is 26.6 Å². The third kappa shape index (κ3) is 3.97. The number of rotatable bonds is 7. The van der Waals surface area contributed by atoms with Gasteiger partial charge in [-0.2, -0.15) is 5.26 Å². The Kier molecular flexibility index (Phi) is 6.03. The molecular formula is C13H19N2O4P. The van der Waals surface area contributed by atoms with E-state index in [1.54, 1.807) is 32.9 Å². The highest BCUT2D eigenvalue weighted by Gasteiger charge is 2.34. The molecule has 0 heterocycles. The van der Waals surface area contributed by atoms with Gasteiger partial charge in [0.05, 0.1) is 18.8 Å². The van der Waals surface area contributed by atoms with E-state index in [0.29, 0.717) is 11.3 Å². The highest BCUT2D eigenvalue weighted by molar-refractivity contribution is 7.54. The summed E-state index contributed by atoms with van der Waals surface area (Å²) in [6.45, 7) is 5.51. The lowest BCUT2D eigenvalue weighted by molar-refractivity contribution is 0.168. The minimum Gasteiger partial charge on any atom is -0.477 e. The number of ether oxygens (including phenoxy) is 1. The third-order valence-electron chi connectivity index (χ3n) is 2.49. The zero-order valence-corrected chi connectivity index (χ0v) is 12.7. The first-order valence-electron chi connectivity index (χ1n) is 6.31. The van der Waals surface area contributed by atoms with E-state index in [4.69, 9.17) is 24.8 Å². The van der Waals surface area contributed by atoms with Gasteiger partial charge in [0.1, 0.15) is 11.8 Å². The van der Waals surface area contributed by atoms with Crippen molar-refractivity contribution in [2.75, 3.05) is 18.9 Å². The molecule has 110 valence electrons. The first-order valence-corrected chi connectivity index (χ1v) is 7.93. The van der Waals surface area contributed by atoms with Crippen LogP contribution < -0.4 is 10.5 Å². The molecule has 0 aliphatic rings. The molecule has 0 saturated heterocycles. The van der Waals surface area contributed by atoms with Crippen molar-refractivity contribution in [3.63, 3.8) is 0 Å². The van der Waals surface area contributed by atoms with Crippen molar-refractivity contribution in [2.24, 2.45) is 0 Å². The molecule has 0 fully saturated rings. The standard InChI is InChI=1S/C13H19N2O4P/c1-4-17-20(16,18-5-2)10(3)19-13-8-12(15)7-6-11(13)9-14/h6-8,10H,4-5,15H2,1-3H3. The fourth-order valence-electron chi connectivity index (χ4n) is 1.58. The number of benzene rings is 1. The summed E-state index contributed by atoms with van der Waals surface area (Å²) < 4.78 is 28.5. The largest absolute Gasteiger partial charge is 0.477 e. The van der Waals surface area contributed by atoms with Gasteiger partial charge in [0, 0.05) is 11.8 Å². The number of hydrogen-bond acceptors (Lipinski definition) is 6. The van der Waals surface area contributed by atoms with Crippen LogP contribution in [0.4, 0.5) is 5.69 Å². The monoisotopic (exact) mass is 298 g/mol. The van der Waals surface area contributed by atoms with E-state index in [-0.39, 0.29) is 19.0 Å². The summed E-state index contributed by atoms with van der Waals surface area (Å²) in [6, 6.07) is 6.65. The van der Waals surface area contributed by atoms with E-state index >= 15 is 0 Å². The second-order valence-electron chi connectivity index (χ2n) is 3.96. The number of nitrogens with zero attached hydrogens (tertiary/aromatic N) is 1. The maximum Gasteiger partial charge on any atom is 0.370 e. The average Bonchev–Trinajstić information content (AvgIpc) is 2.39. The number of nitrogen functional groups attached to an aromatic ring is 1. The van der Waals surface area contributed by atoms with Crippen molar-refractivity contribution in [3.8, 4) is 11.8 Å². The lowest BCUT2D eigenvalue weighted by atomic mass is 10.2. The summed E-state index contributed by atoms with van der Waals surface area (Å²) >= 11 is 0. The van der Waals surface area contributed by atoms with Gasteiger partial charge in [-0.1, -0.05) is 0 Å². The first-order chi connectivity index (χ1) is 9.46. The van der Waals surface area contributed by atoms with Gasteiger partial charge in [-0.05, 0) is 32.9 Å². The van der Waals surface area contributed by atoms with Gasteiger partial charge in [0.15, 0.2) is 5.85 Å². The van der Waals surface area contributed by atoms with Gasteiger partial charge in [0.2, 0.25) is 0 Å². The minimum absolute atomic E-state index is 0.243. The second kappa shape index (κ2) is 7.30. The summed E-state index contributed by atoms with van der Waals surface area (Å²) in [5.74, 6) is -0.573. The first kappa shape index (κ1) is 16.5. The van der Waals surface area contributed by atoms with Gasteiger partial charge >= 0.3 is 7.60 Å². The molecule has 1 rings (SSSR count). The summed E-state index contributed by atoms with van der Waals surface area (Å²) in [7, 11) is -3.39. The van der Waals surface area contributed by atoms with E-state index in [0.717, 1.165) is 0 Å². The maximum atomic E-state index is 12.5. The quantitative estimate of drug-likeness (QED) is 0.614. The molecule has 2 N–H and O–H groups in total. The van der Waals surface area contributed by atoms with E-state index in [2.05, 4.69) is 0 Å². The van der Waals surface area contributed by atoms with Gasteiger partial charge in [-0.25, -0.2) is 0 Å². The molecule has 0 spiro atoms. The molecule has 6 nitrogen and oxygen atoms in total. The number of nitriles is 1. The van der Waals surface area contributed by atoms with Crippen LogP contribution in [-0.4, -0.2) is 19.1 Å². The van der Waals surface area contributed by atoms with E-state index in [1.807, 2.05) is 6.07 Å².